The van der Waals surface area contributed by atoms with Crippen LogP contribution >= 0.6 is 11.7 Å². The second kappa shape index (κ2) is 14.2. The Morgan fingerprint density at radius 2 is 1.88 bits per heavy atom. The van der Waals surface area contributed by atoms with Crippen LogP contribution in [0.15, 0.2) is 0 Å². The number of carbonyl (C=O) groups excluding carboxylic acids is 1. The van der Waals surface area contributed by atoms with E-state index in [1.54, 1.807) is 0 Å². The van der Waals surface area contributed by atoms with Crippen LogP contribution < -0.4 is 15.0 Å². The van der Waals surface area contributed by atoms with E-state index >= 15 is 0 Å². The molecule has 196 valence electrons. The predicted octanol–water partition coefficient (Wildman–Crippen LogP) is -0.998. The summed E-state index contributed by atoms with van der Waals surface area (Å²) in [6, 6.07) is -0.223. The number of nitrogens with one attached hydrogen (secondary N) is 1. The predicted molar refractivity (Wildman–Crippen MR) is 125 cm³/mol. The van der Waals surface area contributed by atoms with Crippen molar-refractivity contribution < 1.29 is 42.9 Å². The molecule has 0 aromatic carbocycles. The van der Waals surface area contributed by atoms with Gasteiger partial charge < -0.3 is 48.3 Å². The Kier molecular flexibility index (Phi) is 12.0. The van der Waals surface area contributed by atoms with Crippen LogP contribution in [0.2, 0.25) is 6.04 Å². The summed E-state index contributed by atoms with van der Waals surface area (Å²) >= 11 is 1.06. The van der Waals surface area contributed by atoms with Crippen LogP contribution in [-0.2, 0) is 23.7 Å². The van der Waals surface area contributed by atoms with Crippen molar-refractivity contribution in [2.45, 2.75) is 38.5 Å². The van der Waals surface area contributed by atoms with E-state index in [1.807, 2.05) is 20.8 Å². The molecule has 0 amide bonds. The van der Waals surface area contributed by atoms with Crippen molar-refractivity contribution in [2.24, 2.45) is 0 Å². The molecule has 0 spiro atoms. The summed E-state index contributed by atoms with van der Waals surface area (Å²) in [5.74, 6) is 0.508. The van der Waals surface area contributed by atoms with Crippen LogP contribution in [0.4, 0.5) is 5.82 Å². The summed E-state index contributed by atoms with van der Waals surface area (Å²) in [6.45, 7) is 9.09. The van der Waals surface area contributed by atoms with Gasteiger partial charge in [-0.1, -0.05) is 0 Å². The van der Waals surface area contributed by atoms with Crippen molar-refractivity contribution >= 4 is 32.3 Å². The largest absolute Gasteiger partial charge is 0.495 e. The highest BCUT2D eigenvalue weighted by Gasteiger charge is 2.26. The average Bonchev–Trinajstić information content (AvgIpc) is 3.23. The number of nitrogens with zero attached hydrogens (tertiary/aromatic N) is 3. The highest BCUT2D eigenvalue weighted by atomic mass is 32.1. The lowest BCUT2D eigenvalue weighted by atomic mass is 10.1. The summed E-state index contributed by atoms with van der Waals surface area (Å²) in [6.07, 6.45) is -0.581. The average molecular weight is 525 g/mol. The number of hydrogen-bond donors (Lipinski definition) is 4. The summed E-state index contributed by atoms with van der Waals surface area (Å²) < 4.78 is 35.7. The van der Waals surface area contributed by atoms with E-state index in [0.717, 1.165) is 11.7 Å². The summed E-state index contributed by atoms with van der Waals surface area (Å²) in [5.41, 5.74) is -0.183. The molecule has 1 fully saturated rings. The number of aromatic nitrogens is 2. The SMILES string of the molecule is CC(C)(C)NC[C@@H](COc1nsnc1N1CCOCC1)OC(=O)COCCOCC[Si](O)(O)O. The first-order chi connectivity index (χ1) is 16.0. The minimum atomic E-state index is -4.10. The van der Waals surface area contributed by atoms with E-state index in [0.29, 0.717) is 44.5 Å². The molecule has 0 aliphatic carbocycles. The topological polar surface area (TPSA) is 165 Å². The zero-order chi connectivity index (χ0) is 25.0. The van der Waals surface area contributed by atoms with E-state index < -0.39 is 20.9 Å². The molecule has 34 heavy (non-hydrogen) atoms. The number of anilines is 1. The van der Waals surface area contributed by atoms with Gasteiger partial charge in [0.1, 0.15) is 19.3 Å². The molecule has 2 heterocycles. The monoisotopic (exact) mass is 524 g/mol. The molecule has 0 radical (unpaired) electrons. The number of hydrogen-bond acceptors (Lipinski definition) is 14. The molecule has 2 rings (SSSR count). The van der Waals surface area contributed by atoms with Crippen LogP contribution in [0.25, 0.3) is 0 Å². The van der Waals surface area contributed by atoms with Gasteiger partial charge in [0.2, 0.25) is 5.82 Å². The minimum Gasteiger partial charge on any atom is -0.470 e. The summed E-state index contributed by atoms with van der Waals surface area (Å²) in [5, 5.41) is 3.30. The number of rotatable bonds is 15. The van der Waals surface area contributed by atoms with Gasteiger partial charge >= 0.3 is 14.8 Å². The third-order valence-electron chi connectivity index (χ3n) is 4.49. The van der Waals surface area contributed by atoms with Crippen LogP contribution in [0.1, 0.15) is 20.8 Å². The first kappa shape index (κ1) is 28.8. The van der Waals surface area contributed by atoms with E-state index in [-0.39, 0.29) is 44.6 Å². The Morgan fingerprint density at radius 1 is 1.18 bits per heavy atom. The molecular formula is C19H36N4O9SSi. The second-order valence-corrected chi connectivity index (χ2v) is 11.3. The zero-order valence-corrected chi connectivity index (χ0v) is 21.7. The Hall–Kier alpha value is -1.43. The molecule has 4 N–H and O–H groups in total. The van der Waals surface area contributed by atoms with Gasteiger partial charge in [-0.15, -0.1) is 4.37 Å². The first-order valence-electron chi connectivity index (χ1n) is 11.1. The molecular weight excluding hydrogens is 488 g/mol. The Bertz CT molecular complexity index is 723. The molecule has 1 aliphatic heterocycles. The van der Waals surface area contributed by atoms with Gasteiger partial charge in [0.15, 0.2) is 0 Å². The number of esters is 1. The Balaban J connectivity index is 1.77. The second-order valence-electron chi connectivity index (χ2n) is 8.74. The van der Waals surface area contributed by atoms with Gasteiger partial charge in [-0.2, -0.15) is 4.37 Å². The molecule has 15 heteroatoms. The normalized spacial score (nSPS) is 15.9. The van der Waals surface area contributed by atoms with Crippen LogP contribution in [-0.4, -0.2) is 115 Å². The molecule has 0 saturated carbocycles. The molecule has 1 aliphatic rings. The maximum atomic E-state index is 12.3. The van der Waals surface area contributed by atoms with Gasteiger partial charge in [0.05, 0.1) is 44.8 Å². The van der Waals surface area contributed by atoms with Crippen molar-refractivity contribution in [3.8, 4) is 5.88 Å². The third kappa shape index (κ3) is 12.3. The van der Waals surface area contributed by atoms with Crippen molar-refractivity contribution in [3.63, 3.8) is 0 Å². The lowest BCUT2D eigenvalue weighted by Gasteiger charge is -2.27. The molecule has 1 saturated heterocycles. The fraction of sp³-hybridized carbons (Fsp3) is 0.842. The molecule has 1 atom stereocenters. The fourth-order valence-corrected chi connectivity index (χ4v) is 3.70. The van der Waals surface area contributed by atoms with Crippen LogP contribution in [0.3, 0.4) is 0 Å². The van der Waals surface area contributed by atoms with Crippen molar-refractivity contribution in [1.29, 1.82) is 0 Å². The Morgan fingerprint density at radius 3 is 2.56 bits per heavy atom. The van der Waals surface area contributed by atoms with Crippen molar-refractivity contribution in [1.82, 2.24) is 14.1 Å². The quantitative estimate of drug-likeness (QED) is 0.126. The lowest BCUT2D eigenvalue weighted by molar-refractivity contribution is -0.156. The van der Waals surface area contributed by atoms with E-state index in [2.05, 4.69) is 19.0 Å². The molecule has 1 aromatic heterocycles. The smallest absolute Gasteiger partial charge is 0.470 e. The number of carbonyl (C=O) groups is 1. The van der Waals surface area contributed by atoms with Gasteiger partial charge in [-0.3, -0.25) is 0 Å². The van der Waals surface area contributed by atoms with E-state index in [9.17, 15) is 4.79 Å². The highest BCUT2D eigenvalue weighted by Crippen LogP contribution is 2.26. The molecule has 13 nitrogen and oxygen atoms in total. The highest BCUT2D eigenvalue weighted by molar-refractivity contribution is 6.99. The van der Waals surface area contributed by atoms with Gasteiger partial charge in [0.25, 0.3) is 5.88 Å². The Labute approximate surface area is 204 Å². The van der Waals surface area contributed by atoms with Gasteiger partial charge in [0, 0.05) is 31.2 Å². The molecule has 0 bridgehead atoms. The number of ether oxygens (including phenoxy) is 5. The first-order valence-corrected chi connectivity index (χ1v) is 13.9. The summed E-state index contributed by atoms with van der Waals surface area (Å²) in [4.78, 5) is 41.0. The third-order valence-corrected chi connectivity index (χ3v) is 5.87. The maximum absolute atomic E-state index is 12.3. The van der Waals surface area contributed by atoms with Crippen LogP contribution in [0.5, 0.6) is 5.88 Å². The van der Waals surface area contributed by atoms with Crippen LogP contribution in [0, 0.1) is 0 Å². The van der Waals surface area contributed by atoms with E-state index in [1.165, 1.54) is 0 Å². The molecule has 1 aromatic rings. The minimum absolute atomic E-state index is 0.0146. The standard InChI is InChI=1S/C19H36N4O9SSi/c1-19(2,3)20-12-15(32-16(24)14-30-9-8-29-10-11-34(25,26)27)13-31-18-17(21-33-22-18)23-4-6-28-7-5-23/h15,20,25-27H,4-14H2,1-3H3/t15-/m0/s1. The van der Waals surface area contributed by atoms with E-state index in [4.69, 9.17) is 38.1 Å². The fourth-order valence-electron chi connectivity index (χ4n) is 2.77. The maximum Gasteiger partial charge on any atom is 0.495 e. The molecule has 0 unspecified atom stereocenters. The van der Waals surface area contributed by atoms with Crippen molar-refractivity contribution in [3.05, 3.63) is 0 Å². The summed E-state index contributed by atoms with van der Waals surface area (Å²) in [7, 11) is -4.10. The van der Waals surface area contributed by atoms with Gasteiger partial charge in [-0.25, -0.2) is 4.79 Å². The lowest BCUT2D eigenvalue weighted by Crippen LogP contribution is -2.44. The van der Waals surface area contributed by atoms with Gasteiger partial charge in [-0.05, 0) is 20.8 Å². The number of morpholine rings is 1. The zero-order valence-electron chi connectivity index (χ0n) is 19.9. The van der Waals surface area contributed by atoms with Crippen molar-refractivity contribution in [2.75, 3.05) is 70.8 Å².